The summed E-state index contributed by atoms with van der Waals surface area (Å²) >= 11 is 0. The van der Waals surface area contributed by atoms with Gasteiger partial charge in [-0.05, 0) is 69.1 Å². The maximum atomic E-state index is 13.1. The van der Waals surface area contributed by atoms with Crippen molar-refractivity contribution >= 4 is 48.1 Å². The maximum Gasteiger partial charge on any atom is 0.363 e. The number of anilines is 1. The fraction of sp³-hybridized carbons (Fsp3) is 0.226. The molecule has 3 aliphatic rings. The minimum Gasteiger partial charge on any atom is -0.478 e. The Morgan fingerprint density at radius 1 is 1.02 bits per heavy atom. The first-order valence-corrected chi connectivity index (χ1v) is 16.0. The van der Waals surface area contributed by atoms with Gasteiger partial charge in [0, 0.05) is 38.0 Å². The van der Waals surface area contributed by atoms with Crippen LogP contribution in [0.4, 0.5) is 5.69 Å². The van der Waals surface area contributed by atoms with E-state index in [2.05, 4.69) is 46.9 Å². The van der Waals surface area contributed by atoms with E-state index in [0.717, 1.165) is 33.2 Å². The number of allylic oxidation sites excluding steroid dienone is 5. The quantitative estimate of drug-likeness (QED) is 0.450. The summed E-state index contributed by atoms with van der Waals surface area (Å²) in [5.74, 6) is -2.24. The van der Waals surface area contributed by atoms with Crippen molar-refractivity contribution in [1.82, 2.24) is 5.06 Å². The van der Waals surface area contributed by atoms with Crippen LogP contribution in [0, 0.1) is 0 Å². The van der Waals surface area contributed by atoms with E-state index in [9.17, 15) is 19.5 Å². The van der Waals surface area contributed by atoms with Crippen molar-refractivity contribution in [2.24, 2.45) is 0 Å². The normalized spacial score (nSPS) is 16.9. The monoisotopic (exact) mass is 554 g/mol. The topological polar surface area (TPSA) is 90.2 Å². The van der Waals surface area contributed by atoms with E-state index < -0.39 is 25.9 Å². The highest BCUT2D eigenvalue weighted by Gasteiger charge is 2.41. The highest BCUT2D eigenvalue weighted by Crippen LogP contribution is 2.43. The number of hydroxylamine groups is 2. The van der Waals surface area contributed by atoms with Gasteiger partial charge in [0.2, 0.25) is 0 Å². The Morgan fingerprint density at radius 3 is 2.40 bits per heavy atom. The number of nitrogens with zero attached hydrogens (tertiary/aromatic N) is 3. The molecule has 2 aromatic rings. The second kappa shape index (κ2) is 9.91. The smallest absolute Gasteiger partial charge is 0.363 e. The van der Waals surface area contributed by atoms with Crippen molar-refractivity contribution in [3.05, 3.63) is 99.8 Å². The lowest BCUT2D eigenvalue weighted by atomic mass is 9.86. The molecule has 0 bridgehead atoms. The van der Waals surface area contributed by atoms with Gasteiger partial charge in [-0.25, -0.2) is 14.2 Å². The third-order valence-corrected chi connectivity index (χ3v) is 11.2. The number of benzene rings is 2. The van der Waals surface area contributed by atoms with E-state index in [1.807, 2.05) is 40.3 Å². The molecule has 0 saturated carbocycles. The number of carboxylic acid groups (broad SMARTS) is 1. The molecule has 0 radical (unpaired) electrons. The number of carboxylic acids is 1. The third-order valence-electron chi connectivity index (χ3n) is 7.65. The molecule has 8 nitrogen and oxygen atoms in total. The van der Waals surface area contributed by atoms with Crippen LogP contribution in [0.3, 0.4) is 0 Å². The fourth-order valence-corrected chi connectivity index (χ4v) is 8.46. The highest BCUT2D eigenvalue weighted by atomic mass is 28.3. The van der Waals surface area contributed by atoms with Gasteiger partial charge in [-0.3, -0.25) is 4.79 Å². The van der Waals surface area contributed by atoms with E-state index in [1.54, 1.807) is 12.1 Å². The van der Waals surface area contributed by atoms with Crippen molar-refractivity contribution in [3.63, 3.8) is 0 Å². The molecular formula is C31H32N3O5Si+. The number of fused-ring (bicyclic) bond motifs is 2. The van der Waals surface area contributed by atoms with Crippen LogP contribution in [0.1, 0.15) is 31.8 Å². The first kappa shape index (κ1) is 27.1. The van der Waals surface area contributed by atoms with Crippen molar-refractivity contribution < 1.29 is 28.9 Å². The van der Waals surface area contributed by atoms with Crippen LogP contribution in [0.25, 0.3) is 5.57 Å². The van der Waals surface area contributed by atoms with Crippen LogP contribution in [0.5, 0.6) is 0 Å². The molecule has 40 heavy (non-hydrogen) atoms. The maximum absolute atomic E-state index is 13.1. The zero-order chi connectivity index (χ0) is 28.9. The number of hydrogen-bond donors (Lipinski definition) is 1. The number of aromatic carboxylic acids is 1. The Labute approximate surface area is 234 Å². The average molecular weight is 555 g/mol. The lowest BCUT2D eigenvalue weighted by molar-refractivity contribution is -0.462. The second-order valence-corrected chi connectivity index (χ2v) is 15.3. The van der Waals surface area contributed by atoms with E-state index in [1.165, 1.54) is 28.6 Å². The van der Waals surface area contributed by atoms with E-state index in [-0.39, 0.29) is 17.7 Å². The molecule has 0 saturated heterocycles. The predicted molar refractivity (Wildman–Crippen MR) is 158 cm³/mol. The summed E-state index contributed by atoms with van der Waals surface area (Å²) in [5, 5.41) is 13.6. The highest BCUT2D eigenvalue weighted by molar-refractivity contribution is 6.98. The Balaban J connectivity index is 1.77. The number of rotatable bonds is 5. The van der Waals surface area contributed by atoms with Crippen molar-refractivity contribution in [2.45, 2.75) is 13.1 Å². The van der Waals surface area contributed by atoms with Crippen LogP contribution in [-0.4, -0.2) is 81.1 Å². The minimum atomic E-state index is -2.24. The molecule has 0 fully saturated rings. The molecule has 1 amide bonds. The summed E-state index contributed by atoms with van der Waals surface area (Å²) in [7, 11) is 5.76. The van der Waals surface area contributed by atoms with Crippen molar-refractivity contribution in [2.75, 3.05) is 39.6 Å². The van der Waals surface area contributed by atoms with Crippen molar-refractivity contribution in [1.29, 1.82) is 0 Å². The zero-order valence-electron chi connectivity index (χ0n) is 23.5. The summed E-state index contributed by atoms with van der Waals surface area (Å²) in [6.45, 7) is 4.80. The molecule has 0 spiro atoms. The minimum absolute atomic E-state index is 0.0807. The first-order chi connectivity index (χ1) is 18.9. The van der Waals surface area contributed by atoms with Gasteiger partial charge in [0.1, 0.15) is 22.2 Å². The number of amides is 1. The molecule has 2 aliphatic heterocycles. The Hall–Kier alpha value is -4.50. The Morgan fingerprint density at radius 2 is 1.77 bits per heavy atom. The molecule has 0 atom stereocenters. The molecule has 9 heteroatoms. The first-order valence-electron chi connectivity index (χ1n) is 13.0. The van der Waals surface area contributed by atoms with Crippen LogP contribution in [-0.2, 0) is 9.63 Å². The molecule has 1 N–H and O–H groups in total. The van der Waals surface area contributed by atoms with Gasteiger partial charge in [-0.15, -0.1) is 0 Å². The van der Waals surface area contributed by atoms with Gasteiger partial charge in [0.15, 0.2) is 5.71 Å². The molecule has 204 valence electrons. The van der Waals surface area contributed by atoms with Crippen LogP contribution < -0.4 is 10.1 Å². The van der Waals surface area contributed by atoms with Gasteiger partial charge in [-0.1, -0.05) is 25.2 Å². The molecule has 0 aromatic heterocycles. The van der Waals surface area contributed by atoms with E-state index >= 15 is 0 Å². The van der Waals surface area contributed by atoms with Gasteiger partial charge in [-0.2, -0.15) is 5.06 Å². The summed E-state index contributed by atoms with van der Waals surface area (Å²) in [4.78, 5) is 45.0. The molecule has 1 aliphatic carbocycles. The standard InChI is InChI=1S/C31H31N3O5Si/c1-32(2)20-10-13-23-26(17-20)40(5,6)27-18-21(33(3)4)11-14-24(27)29(23)25-16-19(9-12-22(25)30(36)37)31(38)39-34-15-7-8-28(34)35/h7-14,16-18H,15H2,1-6H3/p+1. The summed E-state index contributed by atoms with van der Waals surface area (Å²) in [5.41, 5.74) is 5.47. The second-order valence-electron chi connectivity index (χ2n) is 11.0. The lowest BCUT2D eigenvalue weighted by Crippen LogP contribution is -2.49. The fourth-order valence-electron chi connectivity index (χ4n) is 5.39. The van der Waals surface area contributed by atoms with E-state index in [0.29, 0.717) is 5.56 Å². The summed E-state index contributed by atoms with van der Waals surface area (Å²) < 4.78 is 2.06. The van der Waals surface area contributed by atoms with Crippen LogP contribution in [0.2, 0.25) is 13.1 Å². The van der Waals surface area contributed by atoms with Gasteiger partial charge in [0.25, 0.3) is 5.91 Å². The van der Waals surface area contributed by atoms with Gasteiger partial charge in [0.05, 0.1) is 17.7 Å². The zero-order valence-corrected chi connectivity index (χ0v) is 24.5. The predicted octanol–water partition coefficient (Wildman–Crippen LogP) is 3.40. The average Bonchev–Trinajstić information content (AvgIpc) is 3.32. The molecule has 2 heterocycles. The lowest BCUT2D eigenvalue weighted by Gasteiger charge is -2.38. The Kier molecular flexibility index (Phi) is 6.71. The SMILES string of the molecule is CN(C)c1ccc2c(c1)[Si](C)(C)C1=CC(=[N+](C)C)C=CC1=C2c1cc(C(=O)ON2CC=CC2=O)ccc1C(=O)O. The van der Waals surface area contributed by atoms with Crippen LogP contribution >= 0.6 is 0 Å². The van der Waals surface area contributed by atoms with Gasteiger partial charge < -0.3 is 14.8 Å². The third kappa shape index (κ3) is 4.52. The Bertz CT molecular complexity index is 1640. The largest absolute Gasteiger partial charge is 0.478 e. The summed E-state index contributed by atoms with van der Waals surface area (Å²) in [6, 6.07) is 10.7. The summed E-state index contributed by atoms with van der Waals surface area (Å²) in [6.07, 6.45) is 9.25. The molecule has 2 aromatic carbocycles. The van der Waals surface area contributed by atoms with Crippen molar-refractivity contribution in [3.8, 4) is 0 Å². The van der Waals surface area contributed by atoms with Gasteiger partial charge >= 0.3 is 11.9 Å². The van der Waals surface area contributed by atoms with E-state index in [4.69, 9.17) is 4.84 Å². The number of hydrogen-bond acceptors (Lipinski definition) is 5. The molecule has 0 unspecified atom stereocenters. The molecular weight excluding hydrogens is 522 g/mol. The number of carbonyl (C=O) groups is 3. The van der Waals surface area contributed by atoms with Crippen LogP contribution in [0.15, 0.2) is 77.5 Å². The number of carbonyl (C=O) groups excluding carboxylic acids is 2. The molecule has 5 rings (SSSR count).